The van der Waals surface area contributed by atoms with E-state index >= 15 is 0 Å². The Hall–Kier alpha value is -2.22. The summed E-state index contributed by atoms with van der Waals surface area (Å²) in [6.45, 7) is 3.75. The van der Waals surface area contributed by atoms with E-state index in [1.54, 1.807) is 12.1 Å². The molecule has 0 aliphatic rings. The molecule has 0 amide bonds. The fourth-order valence-electron chi connectivity index (χ4n) is 2.27. The summed E-state index contributed by atoms with van der Waals surface area (Å²) >= 11 is 0. The molecular weight excluding hydrogens is 251 g/mol. The molecule has 0 spiro atoms. The predicted molar refractivity (Wildman–Crippen MR) is 79.3 cm³/mol. The molecular formula is C18H17FO. The highest BCUT2D eigenvalue weighted by Gasteiger charge is 2.16. The maximum Gasteiger partial charge on any atom is 0.163 e. The van der Waals surface area contributed by atoms with Gasteiger partial charge in [0.15, 0.2) is 5.78 Å². The molecule has 1 atom stereocenters. The third kappa shape index (κ3) is 3.64. The summed E-state index contributed by atoms with van der Waals surface area (Å²) in [5.41, 5.74) is 1.53. The Balaban J connectivity index is 2.16. The molecule has 2 heteroatoms. The quantitative estimate of drug-likeness (QED) is 0.545. The van der Waals surface area contributed by atoms with E-state index in [9.17, 15) is 9.18 Å². The Morgan fingerprint density at radius 1 is 1.15 bits per heavy atom. The second-order valence-electron chi connectivity index (χ2n) is 4.77. The maximum absolute atomic E-state index is 13.2. The fraction of sp³-hybridized carbons (Fsp3) is 0.167. The lowest BCUT2D eigenvalue weighted by Crippen LogP contribution is -2.07. The molecule has 0 heterocycles. The number of carbonyl (C=O) groups excluding carboxylic acids is 1. The van der Waals surface area contributed by atoms with Gasteiger partial charge in [-0.25, -0.2) is 4.39 Å². The van der Waals surface area contributed by atoms with Crippen LogP contribution in [0.1, 0.15) is 34.7 Å². The molecule has 2 aromatic rings. The first-order valence-electron chi connectivity index (χ1n) is 6.65. The Morgan fingerprint density at radius 2 is 1.90 bits per heavy atom. The van der Waals surface area contributed by atoms with Gasteiger partial charge in [-0.05, 0) is 30.0 Å². The number of Topliss-reactive ketones (excluding diaryl/α,β-unsaturated/α-hetero) is 1. The monoisotopic (exact) mass is 268 g/mol. The van der Waals surface area contributed by atoms with Crippen LogP contribution in [0, 0.1) is 5.82 Å². The van der Waals surface area contributed by atoms with Crippen molar-refractivity contribution in [1.82, 2.24) is 0 Å². The third-order valence-electron chi connectivity index (χ3n) is 3.30. The van der Waals surface area contributed by atoms with Gasteiger partial charge in [-0.1, -0.05) is 48.5 Å². The van der Waals surface area contributed by atoms with Crippen LogP contribution in [-0.4, -0.2) is 5.78 Å². The maximum atomic E-state index is 13.2. The molecule has 1 unspecified atom stereocenters. The topological polar surface area (TPSA) is 17.1 Å². The van der Waals surface area contributed by atoms with E-state index in [4.69, 9.17) is 0 Å². The van der Waals surface area contributed by atoms with E-state index < -0.39 is 0 Å². The van der Waals surface area contributed by atoms with E-state index in [1.807, 2.05) is 36.4 Å². The molecule has 1 nitrogen and oxygen atoms in total. The normalized spacial score (nSPS) is 11.8. The van der Waals surface area contributed by atoms with Crippen molar-refractivity contribution in [2.45, 2.75) is 18.8 Å². The zero-order valence-corrected chi connectivity index (χ0v) is 11.3. The van der Waals surface area contributed by atoms with Crippen LogP contribution >= 0.6 is 0 Å². The van der Waals surface area contributed by atoms with Gasteiger partial charge in [-0.2, -0.15) is 0 Å². The summed E-state index contributed by atoms with van der Waals surface area (Å²) < 4.78 is 13.2. The molecule has 0 N–H and O–H groups in total. The van der Waals surface area contributed by atoms with Crippen molar-refractivity contribution in [2.75, 3.05) is 0 Å². The van der Waals surface area contributed by atoms with Crippen molar-refractivity contribution >= 4 is 5.78 Å². The van der Waals surface area contributed by atoms with Gasteiger partial charge in [0.25, 0.3) is 0 Å². The van der Waals surface area contributed by atoms with Crippen LogP contribution in [0.5, 0.6) is 0 Å². The molecule has 102 valence electrons. The molecule has 0 bridgehead atoms. The summed E-state index contributed by atoms with van der Waals surface area (Å²) in [4.78, 5) is 12.3. The van der Waals surface area contributed by atoms with E-state index in [0.717, 1.165) is 12.0 Å². The highest BCUT2D eigenvalue weighted by molar-refractivity contribution is 5.96. The second-order valence-corrected chi connectivity index (χ2v) is 4.77. The van der Waals surface area contributed by atoms with Crippen molar-refractivity contribution in [3.63, 3.8) is 0 Å². The van der Waals surface area contributed by atoms with Crippen molar-refractivity contribution in [1.29, 1.82) is 0 Å². The number of hydrogen-bond acceptors (Lipinski definition) is 1. The van der Waals surface area contributed by atoms with E-state index in [1.165, 1.54) is 12.1 Å². The van der Waals surface area contributed by atoms with Gasteiger partial charge in [0, 0.05) is 12.0 Å². The Bertz CT molecular complexity index is 589. The Labute approximate surface area is 118 Å². The van der Waals surface area contributed by atoms with Gasteiger partial charge in [-0.3, -0.25) is 4.79 Å². The van der Waals surface area contributed by atoms with Gasteiger partial charge in [-0.15, -0.1) is 6.58 Å². The first-order valence-corrected chi connectivity index (χ1v) is 6.65. The van der Waals surface area contributed by atoms with Gasteiger partial charge in [0.2, 0.25) is 0 Å². The molecule has 0 aromatic heterocycles. The average Bonchev–Trinajstić information content (AvgIpc) is 2.47. The van der Waals surface area contributed by atoms with Crippen molar-refractivity contribution in [3.05, 3.63) is 84.2 Å². The molecule has 0 fully saturated rings. The minimum Gasteiger partial charge on any atom is -0.294 e. The van der Waals surface area contributed by atoms with Crippen LogP contribution in [0.25, 0.3) is 0 Å². The largest absolute Gasteiger partial charge is 0.294 e. The average molecular weight is 268 g/mol. The van der Waals surface area contributed by atoms with Gasteiger partial charge < -0.3 is 0 Å². The molecule has 2 rings (SSSR count). The molecule has 0 saturated heterocycles. The number of benzene rings is 2. The van der Waals surface area contributed by atoms with Crippen LogP contribution in [0.15, 0.2) is 67.3 Å². The first-order chi connectivity index (χ1) is 9.70. The number of carbonyl (C=O) groups is 1. The van der Waals surface area contributed by atoms with Crippen LogP contribution in [0.3, 0.4) is 0 Å². The summed E-state index contributed by atoms with van der Waals surface area (Å²) in [7, 11) is 0. The Kier molecular flexibility index (Phi) is 4.83. The SMILES string of the molecule is C=CCC(CC(=O)c1cccc(F)c1)c1ccccc1. The molecule has 2 aromatic carbocycles. The van der Waals surface area contributed by atoms with Crippen LogP contribution in [0.2, 0.25) is 0 Å². The van der Waals surface area contributed by atoms with E-state index in [2.05, 4.69) is 6.58 Å². The van der Waals surface area contributed by atoms with Crippen LogP contribution < -0.4 is 0 Å². The highest BCUT2D eigenvalue weighted by Crippen LogP contribution is 2.25. The minimum atomic E-state index is -0.379. The Morgan fingerprint density at radius 3 is 2.55 bits per heavy atom. The van der Waals surface area contributed by atoms with Gasteiger partial charge in [0.1, 0.15) is 5.82 Å². The number of ketones is 1. The molecule has 0 saturated carbocycles. The fourth-order valence-corrected chi connectivity index (χ4v) is 2.27. The van der Waals surface area contributed by atoms with Crippen LogP contribution in [0.4, 0.5) is 4.39 Å². The summed E-state index contributed by atoms with van der Waals surface area (Å²) in [6, 6.07) is 15.7. The summed E-state index contributed by atoms with van der Waals surface area (Å²) in [5.74, 6) is -0.333. The summed E-state index contributed by atoms with van der Waals surface area (Å²) in [6.07, 6.45) is 2.90. The smallest absolute Gasteiger partial charge is 0.163 e. The molecule has 20 heavy (non-hydrogen) atoms. The predicted octanol–water partition coefficient (Wildman–Crippen LogP) is 4.76. The second kappa shape index (κ2) is 6.80. The van der Waals surface area contributed by atoms with Gasteiger partial charge >= 0.3 is 0 Å². The third-order valence-corrected chi connectivity index (χ3v) is 3.30. The van der Waals surface area contributed by atoms with Crippen molar-refractivity contribution in [3.8, 4) is 0 Å². The minimum absolute atomic E-state index is 0.0415. The van der Waals surface area contributed by atoms with Gasteiger partial charge in [0.05, 0.1) is 0 Å². The standard InChI is InChI=1S/C18H17FO/c1-2-7-15(14-8-4-3-5-9-14)13-18(20)16-10-6-11-17(19)12-16/h2-6,8-12,15H,1,7,13H2. The number of halogens is 1. The zero-order valence-electron chi connectivity index (χ0n) is 11.3. The lowest BCUT2D eigenvalue weighted by atomic mass is 9.89. The number of allylic oxidation sites excluding steroid dienone is 1. The highest BCUT2D eigenvalue weighted by atomic mass is 19.1. The van der Waals surface area contributed by atoms with E-state index in [-0.39, 0.29) is 17.5 Å². The first kappa shape index (κ1) is 14.2. The van der Waals surface area contributed by atoms with Crippen molar-refractivity contribution < 1.29 is 9.18 Å². The number of rotatable bonds is 6. The summed E-state index contributed by atoms with van der Waals surface area (Å²) in [5, 5.41) is 0. The molecule has 0 radical (unpaired) electrons. The molecule has 0 aliphatic carbocycles. The molecule has 0 aliphatic heterocycles. The number of hydrogen-bond donors (Lipinski definition) is 0. The lowest BCUT2D eigenvalue weighted by Gasteiger charge is -2.14. The van der Waals surface area contributed by atoms with Crippen LogP contribution in [-0.2, 0) is 0 Å². The van der Waals surface area contributed by atoms with E-state index in [0.29, 0.717) is 12.0 Å². The zero-order chi connectivity index (χ0) is 14.4. The van der Waals surface area contributed by atoms with Crippen molar-refractivity contribution in [2.24, 2.45) is 0 Å². The lowest BCUT2D eigenvalue weighted by molar-refractivity contribution is 0.0973.